The molecule has 0 fully saturated rings. The molecule has 11 nitrogen and oxygen atoms in total. The molecule has 0 saturated heterocycles. The van der Waals surface area contributed by atoms with Gasteiger partial charge in [-0.1, -0.05) is 11.3 Å². The van der Waals surface area contributed by atoms with E-state index in [4.69, 9.17) is 0 Å². The predicted octanol–water partition coefficient (Wildman–Crippen LogP) is 1.57. The molecule has 0 bridgehead atoms. The van der Waals surface area contributed by atoms with E-state index in [-0.39, 0.29) is 15.6 Å². The first-order valence-corrected chi connectivity index (χ1v) is 12.0. The maximum Gasteiger partial charge on any atom is 0.270 e. The van der Waals surface area contributed by atoms with E-state index in [1.165, 1.54) is 18.3 Å². The molecular weight excluding hydrogens is 454 g/mol. The Hall–Kier alpha value is -2.97. The van der Waals surface area contributed by atoms with Crippen LogP contribution in [0, 0.1) is 10.1 Å². The third-order valence-corrected chi connectivity index (χ3v) is 6.91. The van der Waals surface area contributed by atoms with Crippen molar-refractivity contribution in [1.29, 1.82) is 0 Å². The van der Waals surface area contributed by atoms with Gasteiger partial charge in [-0.3, -0.25) is 19.7 Å². The van der Waals surface area contributed by atoms with E-state index in [2.05, 4.69) is 15.3 Å². The van der Waals surface area contributed by atoms with Crippen LogP contribution in [0.15, 0.2) is 34.8 Å². The number of sulfone groups is 1. The van der Waals surface area contributed by atoms with Gasteiger partial charge in [-0.15, -0.1) is 11.3 Å². The van der Waals surface area contributed by atoms with Crippen molar-refractivity contribution in [2.75, 3.05) is 16.8 Å². The Bertz CT molecular complexity index is 1290. The molecule has 0 atom stereocenters. The lowest BCUT2D eigenvalue weighted by Gasteiger charge is -2.02. The van der Waals surface area contributed by atoms with E-state index in [1.54, 1.807) is 22.9 Å². The Morgan fingerprint density at radius 3 is 2.73 bits per heavy atom. The van der Waals surface area contributed by atoms with Gasteiger partial charge in [0.2, 0.25) is 5.91 Å². The summed E-state index contributed by atoms with van der Waals surface area (Å²) in [4.78, 5) is 42.4. The molecule has 0 saturated carbocycles. The van der Waals surface area contributed by atoms with E-state index < -0.39 is 38.1 Å². The Morgan fingerprint density at radius 1 is 1.33 bits per heavy atom. The molecular formula is C16H15N5O6S3. The fraction of sp³-hybridized carbons (Fsp3) is 0.250. The number of nitro groups is 1. The number of hydrogen-bond acceptors (Lipinski definition) is 9. The van der Waals surface area contributed by atoms with Crippen molar-refractivity contribution in [3.05, 3.63) is 44.7 Å². The first-order chi connectivity index (χ1) is 14.2. The first-order valence-electron chi connectivity index (χ1n) is 8.43. The minimum atomic E-state index is -4.04. The number of hydrogen-bond donors (Lipinski definition) is 1. The van der Waals surface area contributed by atoms with Crippen molar-refractivity contribution < 1.29 is 22.9 Å². The molecule has 158 valence electrons. The summed E-state index contributed by atoms with van der Waals surface area (Å²) in [5.74, 6) is -3.53. The van der Waals surface area contributed by atoms with Gasteiger partial charge in [0.15, 0.2) is 19.8 Å². The van der Waals surface area contributed by atoms with Gasteiger partial charge >= 0.3 is 0 Å². The quantitative estimate of drug-likeness (QED) is 0.407. The lowest BCUT2D eigenvalue weighted by molar-refractivity contribution is -0.384. The Kier molecular flexibility index (Phi) is 6.38. The number of aryl methyl sites for hydroxylation is 1. The average molecular weight is 470 g/mol. The summed E-state index contributed by atoms with van der Waals surface area (Å²) >= 11 is 2.18. The van der Waals surface area contributed by atoms with Crippen LogP contribution in [-0.4, -0.2) is 46.2 Å². The zero-order valence-electron chi connectivity index (χ0n) is 15.5. The zero-order valence-corrected chi connectivity index (χ0v) is 17.9. The van der Waals surface area contributed by atoms with Crippen molar-refractivity contribution in [2.24, 2.45) is 4.99 Å². The second-order valence-corrected chi connectivity index (χ2v) is 9.93. The molecule has 0 unspecified atom stereocenters. The van der Waals surface area contributed by atoms with Crippen molar-refractivity contribution in [2.45, 2.75) is 13.5 Å². The van der Waals surface area contributed by atoms with Crippen LogP contribution >= 0.6 is 22.7 Å². The lowest BCUT2D eigenvalue weighted by Crippen LogP contribution is -2.28. The van der Waals surface area contributed by atoms with Gasteiger partial charge in [0, 0.05) is 30.3 Å². The van der Waals surface area contributed by atoms with Gasteiger partial charge < -0.3 is 9.88 Å². The maximum absolute atomic E-state index is 12.2. The van der Waals surface area contributed by atoms with Crippen LogP contribution < -0.4 is 10.1 Å². The second-order valence-electron chi connectivity index (χ2n) is 5.96. The lowest BCUT2D eigenvalue weighted by atomic mass is 10.3. The van der Waals surface area contributed by atoms with E-state index in [9.17, 15) is 28.1 Å². The molecule has 1 aromatic carbocycles. The van der Waals surface area contributed by atoms with E-state index in [0.29, 0.717) is 16.8 Å². The van der Waals surface area contributed by atoms with E-state index >= 15 is 0 Å². The van der Waals surface area contributed by atoms with Crippen LogP contribution in [0.3, 0.4) is 0 Å². The summed E-state index contributed by atoms with van der Waals surface area (Å²) < 4.78 is 26.6. The van der Waals surface area contributed by atoms with Gasteiger partial charge in [0.1, 0.15) is 11.5 Å². The van der Waals surface area contributed by atoms with Crippen LogP contribution in [-0.2, 0) is 26.0 Å². The minimum absolute atomic E-state index is 0.0984. The summed E-state index contributed by atoms with van der Waals surface area (Å²) in [5.41, 5.74) is 0.545. The van der Waals surface area contributed by atoms with Crippen LogP contribution in [0.4, 0.5) is 10.8 Å². The van der Waals surface area contributed by atoms with Gasteiger partial charge in [-0.05, 0) is 13.0 Å². The number of thiazole rings is 2. The monoisotopic (exact) mass is 469 g/mol. The third kappa shape index (κ3) is 5.14. The smallest absolute Gasteiger partial charge is 0.270 e. The fourth-order valence-electron chi connectivity index (χ4n) is 2.58. The molecule has 3 rings (SSSR count). The molecule has 3 aromatic rings. The number of benzene rings is 1. The highest BCUT2D eigenvalue weighted by molar-refractivity contribution is 7.92. The normalized spacial score (nSPS) is 12.2. The largest absolute Gasteiger partial charge is 0.317 e. The molecule has 2 amide bonds. The maximum atomic E-state index is 12.2. The van der Waals surface area contributed by atoms with Crippen LogP contribution in [0.25, 0.3) is 10.2 Å². The SMILES string of the molecule is CCn1c(=NC(=O)CS(=O)(=O)CC(=O)Nc2nccs2)sc2cc([N+](=O)[O-])ccc21. The van der Waals surface area contributed by atoms with Crippen molar-refractivity contribution in [3.8, 4) is 0 Å². The van der Waals surface area contributed by atoms with Crippen molar-refractivity contribution >= 4 is 65.4 Å². The first kappa shape index (κ1) is 21.7. The summed E-state index contributed by atoms with van der Waals surface area (Å²) in [7, 11) is -4.04. The van der Waals surface area contributed by atoms with Gasteiger partial charge in [-0.25, -0.2) is 13.4 Å². The van der Waals surface area contributed by atoms with Crippen LogP contribution in [0.5, 0.6) is 0 Å². The highest BCUT2D eigenvalue weighted by atomic mass is 32.2. The number of nitro benzene ring substituents is 1. The predicted molar refractivity (Wildman–Crippen MR) is 112 cm³/mol. The van der Waals surface area contributed by atoms with Crippen LogP contribution in [0.2, 0.25) is 0 Å². The number of fused-ring (bicyclic) bond motifs is 1. The molecule has 0 aliphatic rings. The summed E-state index contributed by atoms with van der Waals surface area (Å²) in [6.07, 6.45) is 1.46. The Labute approximate surface area is 177 Å². The zero-order chi connectivity index (χ0) is 21.9. The Morgan fingerprint density at radius 2 is 2.10 bits per heavy atom. The molecule has 2 aromatic heterocycles. The number of nitrogens with zero attached hydrogens (tertiary/aromatic N) is 4. The van der Waals surface area contributed by atoms with E-state index in [0.717, 1.165) is 22.7 Å². The number of rotatable bonds is 7. The molecule has 30 heavy (non-hydrogen) atoms. The highest BCUT2D eigenvalue weighted by Crippen LogP contribution is 2.23. The number of anilines is 1. The number of carbonyl (C=O) groups excluding carboxylic acids is 2. The van der Waals surface area contributed by atoms with Crippen LogP contribution in [0.1, 0.15) is 6.92 Å². The Balaban J connectivity index is 1.80. The number of amides is 2. The number of nitrogens with one attached hydrogen (secondary N) is 1. The number of non-ortho nitro benzene ring substituents is 1. The number of aromatic nitrogens is 2. The number of carbonyl (C=O) groups is 2. The van der Waals surface area contributed by atoms with Gasteiger partial charge in [0.25, 0.3) is 11.6 Å². The molecule has 1 N–H and O–H groups in total. The molecule has 0 aliphatic heterocycles. The molecule has 0 spiro atoms. The minimum Gasteiger partial charge on any atom is -0.317 e. The fourth-order valence-corrected chi connectivity index (χ4v) is 5.29. The summed E-state index contributed by atoms with van der Waals surface area (Å²) in [5, 5.41) is 15.2. The van der Waals surface area contributed by atoms with Crippen molar-refractivity contribution in [3.63, 3.8) is 0 Å². The molecule has 0 aliphatic carbocycles. The average Bonchev–Trinajstić information content (AvgIpc) is 3.26. The second kappa shape index (κ2) is 8.81. The summed E-state index contributed by atoms with van der Waals surface area (Å²) in [6.45, 7) is 2.23. The third-order valence-electron chi connectivity index (χ3n) is 3.79. The molecule has 14 heteroatoms. The highest BCUT2D eigenvalue weighted by Gasteiger charge is 2.21. The summed E-state index contributed by atoms with van der Waals surface area (Å²) in [6, 6.07) is 4.27. The van der Waals surface area contributed by atoms with Gasteiger partial charge in [0.05, 0.1) is 15.1 Å². The van der Waals surface area contributed by atoms with Crippen molar-refractivity contribution in [1.82, 2.24) is 9.55 Å². The topological polar surface area (TPSA) is 154 Å². The molecule has 2 heterocycles. The standard InChI is InChI=1S/C16H15N5O6S3/c1-2-20-11-4-3-10(21(24)25)7-12(11)29-16(20)19-14(23)9-30(26,27)8-13(22)18-15-17-5-6-28-15/h3-7H,2,8-9H2,1H3,(H,17,18,22). The van der Waals surface area contributed by atoms with E-state index in [1.807, 2.05) is 0 Å². The van der Waals surface area contributed by atoms with Gasteiger partial charge in [-0.2, -0.15) is 4.99 Å². The molecule has 0 radical (unpaired) electrons.